The fourth-order valence-electron chi connectivity index (χ4n) is 1.43. The van der Waals surface area contributed by atoms with Crippen molar-refractivity contribution in [3.8, 4) is 6.07 Å². The number of halogens is 1. The van der Waals surface area contributed by atoms with Gasteiger partial charge in [0.25, 0.3) is 10.0 Å². The van der Waals surface area contributed by atoms with Gasteiger partial charge in [-0.05, 0) is 24.3 Å². The first-order valence-electron chi connectivity index (χ1n) is 5.33. The van der Waals surface area contributed by atoms with Gasteiger partial charge < -0.3 is 4.98 Å². The highest BCUT2D eigenvalue weighted by atomic mass is 32.2. The zero-order valence-electron chi connectivity index (χ0n) is 9.92. The summed E-state index contributed by atoms with van der Waals surface area (Å²) in [6.07, 6.45) is 1.01. The lowest BCUT2D eigenvalue weighted by Crippen LogP contribution is -2.16. The zero-order valence-corrected chi connectivity index (χ0v) is 10.7. The third-order valence-corrected chi connectivity index (χ3v) is 3.77. The Hall–Kier alpha value is -2.66. The Kier molecular flexibility index (Phi) is 3.54. The number of anilines is 1. The fourth-order valence-corrected chi connectivity index (χ4v) is 2.47. The molecule has 0 atom stereocenters. The molecule has 20 heavy (non-hydrogen) atoms. The molecule has 102 valence electrons. The summed E-state index contributed by atoms with van der Waals surface area (Å²) in [5.41, 5.74) is -0.654. The fraction of sp³-hybridized carbons (Fsp3) is 0. The van der Waals surface area contributed by atoms with Crippen molar-refractivity contribution in [1.29, 1.82) is 5.26 Å². The van der Waals surface area contributed by atoms with Crippen LogP contribution in [0.25, 0.3) is 0 Å². The second-order valence-corrected chi connectivity index (χ2v) is 5.48. The summed E-state index contributed by atoms with van der Waals surface area (Å²) < 4.78 is 39.6. The normalized spacial score (nSPS) is 10.8. The van der Waals surface area contributed by atoms with E-state index in [0.29, 0.717) is 0 Å². The van der Waals surface area contributed by atoms with Crippen LogP contribution in [0.2, 0.25) is 0 Å². The first kappa shape index (κ1) is 13.8. The van der Waals surface area contributed by atoms with Gasteiger partial charge in [0.05, 0.1) is 17.3 Å². The summed E-state index contributed by atoms with van der Waals surface area (Å²) in [5.74, 6) is -0.864. The highest BCUT2D eigenvalue weighted by Gasteiger charge is 2.16. The summed E-state index contributed by atoms with van der Waals surface area (Å²) in [6.45, 7) is 0. The van der Waals surface area contributed by atoms with E-state index < -0.39 is 21.4 Å². The maximum absolute atomic E-state index is 13.6. The van der Waals surface area contributed by atoms with E-state index in [1.807, 2.05) is 4.72 Å². The first-order valence-corrected chi connectivity index (χ1v) is 6.82. The molecule has 0 unspecified atom stereocenters. The molecule has 0 bridgehead atoms. The number of sulfonamides is 1. The molecule has 0 amide bonds. The van der Waals surface area contributed by atoms with Crippen molar-refractivity contribution in [2.45, 2.75) is 4.90 Å². The van der Waals surface area contributed by atoms with Crippen molar-refractivity contribution >= 4 is 15.7 Å². The molecule has 0 saturated heterocycles. The summed E-state index contributed by atoms with van der Waals surface area (Å²) >= 11 is 0. The second-order valence-electron chi connectivity index (χ2n) is 3.80. The number of nitrogens with zero attached hydrogens (tertiary/aromatic N) is 1. The number of rotatable bonds is 3. The van der Waals surface area contributed by atoms with Crippen LogP contribution in [-0.2, 0) is 10.0 Å². The van der Waals surface area contributed by atoms with Gasteiger partial charge in [0.2, 0.25) is 5.56 Å². The third kappa shape index (κ3) is 2.84. The number of aromatic nitrogens is 1. The number of nitrogens with one attached hydrogen (secondary N) is 2. The van der Waals surface area contributed by atoms with E-state index in [0.717, 1.165) is 30.5 Å². The van der Waals surface area contributed by atoms with Crippen molar-refractivity contribution in [3.63, 3.8) is 0 Å². The number of pyridine rings is 1. The lowest BCUT2D eigenvalue weighted by Gasteiger charge is -2.08. The monoisotopic (exact) mass is 293 g/mol. The van der Waals surface area contributed by atoms with Crippen LogP contribution in [-0.4, -0.2) is 13.4 Å². The van der Waals surface area contributed by atoms with Crippen LogP contribution in [0.15, 0.2) is 46.2 Å². The molecule has 2 aromatic rings. The largest absolute Gasteiger partial charge is 0.328 e. The Labute approximate surface area is 113 Å². The Balaban J connectivity index is 2.36. The van der Waals surface area contributed by atoms with E-state index in [2.05, 4.69) is 4.98 Å². The molecule has 0 saturated carbocycles. The molecule has 2 N–H and O–H groups in total. The number of hydrogen-bond donors (Lipinski definition) is 2. The van der Waals surface area contributed by atoms with Gasteiger partial charge in [-0.3, -0.25) is 9.52 Å². The van der Waals surface area contributed by atoms with Crippen LogP contribution in [0.5, 0.6) is 0 Å². The van der Waals surface area contributed by atoms with Crippen molar-refractivity contribution in [3.05, 3.63) is 58.3 Å². The van der Waals surface area contributed by atoms with E-state index in [1.165, 1.54) is 6.07 Å². The molecule has 0 fully saturated rings. The number of H-pyrrole nitrogens is 1. The van der Waals surface area contributed by atoms with Crippen LogP contribution < -0.4 is 10.3 Å². The van der Waals surface area contributed by atoms with Crippen molar-refractivity contribution in [2.75, 3.05) is 4.72 Å². The summed E-state index contributed by atoms with van der Waals surface area (Å²) in [7, 11) is -4.02. The Morgan fingerprint density at radius 2 is 2.00 bits per heavy atom. The van der Waals surface area contributed by atoms with Gasteiger partial charge in [-0.15, -0.1) is 0 Å². The Morgan fingerprint density at radius 1 is 1.25 bits per heavy atom. The van der Waals surface area contributed by atoms with Gasteiger partial charge in [-0.1, -0.05) is 0 Å². The van der Waals surface area contributed by atoms with E-state index in [1.54, 1.807) is 6.07 Å². The highest BCUT2D eigenvalue weighted by molar-refractivity contribution is 7.92. The van der Waals surface area contributed by atoms with Gasteiger partial charge in [0, 0.05) is 12.3 Å². The molecule has 1 aromatic carbocycles. The van der Waals surface area contributed by atoms with Crippen molar-refractivity contribution in [1.82, 2.24) is 4.98 Å². The average Bonchev–Trinajstić information content (AvgIpc) is 2.41. The SMILES string of the molecule is N#Cc1ccc(NS(=O)(=O)c2ccc(=O)[nH]c2)c(F)c1. The molecular formula is C12H8FN3O3S. The molecule has 0 aliphatic carbocycles. The highest BCUT2D eigenvalue weighted by Crippen LogP contribution is 2.19. The van der Waals surface area contributed by atoms with E-state index in [4.69, 9.17) is 5.26 Å². The van der Waals surface area contributed by atoms with Gasteiger partial charge in [-0.25, -0.2) is 12.8 Å². The van der Waals surface area contributed by atoms with Crippen LogP contribution in [0.3, 0.4) is 0 Å². The van der Waals surface area contributed by atoms with Crippen molar-refractivity contribution < 1.29 is 12.8 Å². The van der Waals surface area contributed by atoms with Crippen LogP contribution in [0.4, 0.5) is 10.1 Å². The molecular weight excluding hydrogens is 285 g/mol. The number of benzene rings is 1. The molecule has 0 radical (unpaired) electrons. The summed E-state index contributed by atoms with van der Waals surface area (Å²) in [4.78, 5) is 12.9. The molecule has 1 heterocycles. The molecule has 0 spiro atoms. The molecule has 0 aliphatic heterocycles. The standard InChI is InChI=1S/C12H8FN3O3S/c13-10-5-8(6-14)1-3-11(10)16-20(18,19)9-2-4-12(17)15-7-9/h1-5,7,16H,(H,15,17). The lowest BCUT2D eigenvalue weighted by molar-refractivity contribution is 0.598. The molecule has 6 nitrogen and oxygen atoms in total. The van der Waals surface area contributed by atoms with Gasteiger partial charge >= 0.3 is 0 Å². The first-order chi connectivity index (χ1) is 9.42. The maximum atomic E-state index is 13.6. The minimum absolute atomic E-state index is 0.0782. The topological polar surface area (TPSA) is 103 Å². The molecule has 1 aromatic heterocycles. The summed E-state index contributed by atoms with van der Waals surface area (Å²) in [5, 5.41) is 8.60. The molecule has 8 heteroatoms. The smallest absolute Gasteiger partial charge is 0.263 e. The second kappa shape index (κ2) is 5.14. The third-order valence-electron chi connectivity index (χ3n) is 2.41. The Morgan fingerprint density at radius 3 is 2.55 bits per heavy atom. The van der Waals surface area contributed by atoms with Gasteiger partial charge in [0.1, 0.15) is 10.7 Å². The van der Waals surface area contributed by atoms with Crippen LogP contribution in [0.1, 0.15) is 5.56 Å². The lowest BCUT2D eigenvalue weighted by atomic mass is 10.2. The van der Waals surface area contributed by atoms with E-state index in [-0.39, 0.29) is 16.1 Å². The van der Waals surface area contributed by atoms with E-state index >= 15 is 0 Å². The predicted molar refractivity (Wildman–Crippen MR) is 69.0 cm³/mol. The zero-order chi connectivity index (χ0) is 14.8. The Bertz CT molecular complexity index is 832. The van der Waals surface area contributed by atoms with Gasteiger partial charge in [-0.2, -0.15) is 5.26 Å². The quantitative estimate of drug-likeness (QED) is 0.887. The summed E-state index contributed by atoms with van der Waals surface area (Å²) in [6, 6.07) is 7.24. The van der Waals surface area contributed by atoms with Crippen LogP contribution in [0, 0.1) is 17.1 Å². The predicted octanol–water partition coefficient (Wildman–Crippen LogP) is 1.19. The van der Waals surface area contributed by atoms with Crippen LogP contribution >= 0.6 is 0 Å². The maximum Gasteiger partial charge on any atom is 0.263 e. The number of hydrogen-bond acceptors (Lipinski definition) is 4. The molecule has 0 aliphatic rings. The molecule has 2 rings (SSSR count). The minimum Gasteiger partial charge on any atom is -0.328 e. The minimum atomic E-state index is -4.02. The number of aromatic amines is 1. The number of nitriles is 1. The van der Waals surface area contributed by atoms with Crippen molar-refractivity contribution in [2.24, 2.45) is 0 Å². The average molecular weight is 293 g/mol. The van der Waals surface area contributed by atoms with E-state index in [9.17, 15) is 17.6 Å². The van der Waals surface area contributed by atoms with Gasteiger partial charge in [0.15, 0.2) is 0 Å².